The van der Waals surface area contributed by atoms with Gasteiger partial charge in [-0.05, 0) is 43.7 Å². The van der Waals surface area contributed by atoms with Crippen LogP contribution < -0.4 is 20.5 Å². The quantitative estimate of drug-likeness (QED) is 0.755. The lowest BCUT2D eigenvalue weighted by Gasteiger charge is -2.33. The Kier molecular flexibility index (Phi) is 4.77. The van der Waals surface area contributed by atoms with E-state index in [-0.39, 0.29) is 11.3 Å². The molecule has 4 rings (SSSR count). The number of nitrogens with zero attached hydrogens (tertiary/aromatic N) is 3. The molecule has 0 amide bonds. The molecular formula is C21H23FN4O2. The van der Waals surface area contributed by atoms with E-state index in [9.17, 15) is 9.18 Å². The van der Waals surface area contributed by atoms with Crippen LogP contribution in [0.3, 0.4) is 0 Å². The highest BCUT2D eigenvalue weighted by atomic mass is 19.1. The summed E-state index contributed by atoms with van der Waals surface area (Å²) in [5.41, 5.74) is 3.27. The predicted molar refractivity (Wildman–Crippen MR) is 108 cm³/mol. The van der Waals surface area contributed by atoms with Gasteiger partial charge in [0, 0.05) is 43.5 Å². The normalized spacial score (nSPS) is 17.1. The molecule has 2 aromatic heterocycles. The van der Waals surface area contributed by atoms with Crippen LogP contribution >= 0.6 is 0 Å². The number of ether oxygens (including phenoxy) is 1. The molecule has 1 N–H and O–H groups in total. The van der Waals surface area contributed by atoms with Gasteiger partial charge >= 0.3 is 0 Å². The van der Waals surface area contributed by atoms with Gasteiger partial charge in [0.2, 0.25) is 0 Å². The molecule has 1 atom stereocenters. The van der Waals surface area contributed by atoms with E-state index in [2.05, 4.69) is 28.2 Å². The third kappa shape index (κ3) is 3.33. The molecule has 3 aromatic rings. The van der Waals surface area contributed by atoms with Crippen molar-refractivity contribution in [1.82, 2.24) is 14.7 Å². The Morgan fingerprint density at radius 2 is 2.11 bits per heavy atom. The first-order chi connectivity index (χ1) is 13.5. The molecule has 1 fully saturated rings. The summed E-state index contributed by atoms with van der Waals surface area (Å²) in [4.78, 5) is 19.7. The number of hydrogen-bond donors (Lipinski definition) is 1. The SMILES string of the molecule is COc1ccc(-c2cc(=O)n3cc(N4CCN[C@@H](C)C4)cc(C)c3n2)cc1F. The Bertz CT molecular complexity index is 1100. The molecule has 1 aromatic carbocycles. The zero-order chi connectivity index (χ0) is 19.8. The molecule has 3 heterocycles. The number of nitrogens with one attached hydrogen (secondary N) is 1. The minimum Gasteiger partial charge on any atom is -0.494 e. The van der Waals surface area contributed by atoms with Gasteiger partial charge in [-0.3, -0.25) is 9.20 Å². The highest BCUT2D eigenvalue weighted by molar-refractivity contribution is 5.65. The number of halogens is 1. The number of anilines is 1. The Morgan fingerprint density at radius 1 is 1.29 bits per heavy atom. The number of methoxy groups -OCH3 is 1. The average Bonchev–Trinajstić information content (AvgIpc) is 2.68. The fourth-order valence-corrected chi connectivity index (χ4v) is 3.66. The number of fused-ring (bicyclic) bond motifs is 1. The standard InChI is InChI=1S/C21H23FN4O2/c1-13-8-16(25-7-6-23-14(2)11-25)12-26-20(27)10-18(24-21(13)26)15-4-5-19(28-3)17(22)9-15/h4-5,8-10,12,14,23H,6-7,11H2,1-3H3/t14-/m0/s1. The molecule has 0 saturated carbocycles. The van der Waals surface area contributed by atoms with Crippen molar-refractivity contribution < 1.29 is 9.13 Å². The van der Waals surface area contributed by atoms with E-state index in [4.69, 9.17) is 4.74 Å². The van der Waals surface area contributed by atoms with E-state index in [0.717, 1.165) is 30.9 Å². The second kappa shape index (κ2) is 7.24. The summed E-state index contributed by atoms with van der Waals surface area (Å²) in [5, 5.41) is 3.42. The lowest BCUT2D eigenvalue weighted by atomic mass is 10.1. The van der Waals surface area contributed by atoms with Crippen molar-refractivity contribution in [1.29, 1.82) is 0 Å². The van der Waals surface area contributed by atoms with E-state index in [1.165, 1.54) is 25.3 Å². The topological polar surface area (TPSA) is 58.9 Å². The Hall–Kier alpha value is -2.93. The van der Waals surface area contributed by atoms with Crippen molar-refractivity contribution in [2.45, 2.75) is 19.9 Å². The maximum absolute atomic E-state index is 14.1. The average molecular weight is 382 g/mol. The Morgan fingerprint density at radius 3 is 2.82 bits per heavy atom. The van der Waals surface area contributed by atoms with Crippen LogP contribution in [0.15, 0.2) is 41.3 Å². The summed E-state index contributed by atoms with van der Waals surface area (Å²) in [6, 6.07) is 8.47. The molecule has 1 saturated heterocycles. The Balaban J connectivity index is 1.79. The van der Waals surface area contributed by atoms with Gasteiger partial charge in [-0.2, -0.15) is 0 Å². The first-order valence-corrected chi connectivity index (χ1v) is 9.32. The zero-order valence-corrected chi connectivity index (χ0v) is 16.2. The van der Waals surface area contributed by atoms with Gasteiger partial charge < -0.3 is 15.0 Å². The molecule has 1 aliphatic rings. The summed E-state index contributed by atoms with van der Waals surface area (Å²) < 4.78 is 20.6. The van der Waals surface area contributed by atoms with Crippen molar-refractivity contribution in [2.75, 3.05) is 31.6 Å². The number of pyridine rings is 1. The summed E-state index contributed by atoms with van der Waals surface area (Å²) in [6.45, 7) is 6.77. The van der Waals surface area contributed by atoms with E-state index in [0.29, 0.717) is 22.9 Å². The zero-order valence-electron chi connectivity index (χ0n) is 16.2. The molecule has 7 heteroatoms. The van der Waals surface area contributed by atoms with Gasteiger partial charge in [0.1, 0.15) is 5.65 Å². The summed E-state index contributed by atoms with van der Waals surface area (Å²) in [5.74, 6) is -0.325. The molecule has 0 aliphatic carbocycles. The van der Waals surface area contributed by atoms with Crippen molar-refractivity contribution in [2.24, 2.45) is 0 Å². The second-order valence-electron chi connectivity index (χ2n) is 7.21. The number of aryl methyl sites for hydroxylation is 1. The predicted octanol–water partition coefficient (Wildman–Crippen LogP) is 2.62. The first-order valence-electron chi connectivity index (χ1n) is 9.32. The van der Waals surface area contributed by atoms with Crippen molar-refractivity contribution >= 4 is 11.3 Å². The molecule has 0 spiro atoms. The van der Waals surface area contributed by atoms with Crippen LogP contribution in [-0.2, 0) is 0 Å². The maximum atomic E-state index is 14.1. The highest BCUT2D eigenvalue weighted by Crippen LogP contribution is 2.25. The van der Waals surface area contributed by atoms with E-state index >= 15 is 0 Å². The maximum Gasteiger partial charge on any atom is 0.258 e. The second-order valence-corrected chi connectivity index (χ2v) is 7.21. The van der Waals surface area contributed by atoms with Gasteiger partial charge in [0.15, 0.2) is 11.6 Å². The lowest BCUT2D eigenvalue weighted by Crippen LogP contribution is -2.49. The van der Waals surface area contributed by atoms with Crippen LogP contribution in [0.25, 0.3) is 16.9 Å². The van der Waals surface area contributed by atoms with Gasteiger partial charge in [0.05, 0.1) is 18.5 Å². The number of piperazine rings is 1. The number of hydrogen-bond acceptors (Lipinski definition) is 5. The summed E-state index contributed by atoms with van der Waals surface area (Å²) in [6.07, 6.45) is 1.84. The van der Waals surface area contributed by atoms with E-state index < -0.39 is 5.82 Å². The van der Waals surface area contributed by atoms with Crippen LogP contribution in [0.1, 0.15) is 12.5 Å². The fourth-order valence-electron chi connectivity index (χ4n) is 3.66. The van der Waals surface area contributed by atoms with Crippen LogP contribution in [0.4, 0.5) is 10.1 Å². The number of rotatable bonds is 3. The van der Waals surface area contributed by atoms with Crippen LogP contribution in [0.5, 0.6) is 5.75 Å². The lowest BCUT2D eigenvalue weighted by molar-refractivity contribution is 0.386. The van der Waals surface area contributed by atoms with E-state index in [1.54, 1.807) is 10.5 Å². The molecule has 0 radical (unpaired) electrons. The van der Waals surface area contributed by atoms with Crippen LogP contribution in [0, 0.1) is 12.7 Å². The van der Waals surface area contributed by atoms with Crippen molar-refractivity contribution in [3.05, 3.63) is 58.3 Å². The van der Waals surface area contributed by atoms with Crippen LogP contribution in [-0.4, -0.2) is 42.2 Å². The number of benzene rings is 1. The summed E-state index contributed by atoms with van der Waals surface area (Å²) in [7, 11) is 1.42. The third-order valence-electron chi connectivity index (χ3n) is 5.11. The van der Waals surface area contributed by atoms with Gasteiger partial charge in [-0.25, -0.2) is 9.37 Å². The summed E-state index contributed by atoms with van der Waals surface area (Å²) >= 11 is 0. The number of aromatic nitrogens is 2. The van der Waals surface area contributed by atoms with Gasteiger partial charge in [0.25, 0.3) is 5.56 Å². The largest absolute Gasteiger partial charge is 0.494 e. The molecule has 28 heavy (non-hydrogen) atoms. The third-order valence-corrected chi connectivity index (χ3v) is 5.11. The van der Waals surface area contributed by atoms with E-state index in [1.807, 2.05) is 13.1 Å². The van der Waals surface area contributed by atoms with Gasteiger partial charge in [-0.15, -0.1) is 0 Å². The molecular weight excluding hydrogens is 359 g/mol. The molecule has 0 bridgehead atoms. The van der Waals surface area contributed by atoms with Gasteiger partial charge in [-0.1, -0.05) is 0 Å². The first kappa shape index (κ1) is 18.4. The minimum absolute atomic E-state index is 0.160. The Labute approximate surface area is 162 Å². The highest BCUT2D eigenvalue weighted by Gasteiger charge is 2.18. The minimum atomic E-state index is -0.484. The monoisotopic (exact) mass is 382 g/mol. The molecule has 146 valence electrons. The van der Waals surface area contributed by atoms with Crippen LogP contribution in [0.2, 0.25) is 0 Å². The molecule has 1 aliphatic heterocycles. The fraction of sp³-hybridized carbons (Fsp3) is 0.333. The molecule has 0 unspecified atom stereocenters. The molecule has 6 nitrogen and oxygen atoms in total. The van der Waals surface area contributed by atoms with Crippen molar-refractivity contribution in [3.63, 3.8) is 0 Å². The smallest absolute Gasteiger partial charge is 0.258 e. The van der Waals surface area contributed by atoms with Crippen molar-refractivity contribution in [3.8, 4) is 17.0 Å².